The molecule has 0 unspecified atom stereocenters. The summed E-state index contributed by atoms with van der Waals surface area (Å²) in [7, 11) is 0. The number of aryl methyl sites for hydroxylation is 1. The summed E-state index contributed by atoms with van der Waals surface area (Å²) in [5.41, 5.74) is 2.93. The first-order valence-electron chi connectivity index (χ1n) is 8.93. The summed E-state index contributed by atoms with van der Waals surface area (Å²) < 4.78 is 2.63. The Morgan fingerprint density at radius 3 is 2.64 bits per heavy atom. The van der Waals surface area contributed by atoms with E-state index in [-0.39, 0.29) is 11.4 Å². The quantitative estimate of drug-likeness (QED) is 0.373. The van der Waals surface area contributed by atoms with Crippen LogP contribution in [-0.2, 0) is 18.7 Å². The molecule has 3 rings (SSSR count). The number of rotatable bonds is 8. The van der Waals surface area contributed by atoms with Crippen LogP contribution in [0, 0.1) is 0 Å². The first-order valence-corrected chi connectivity index (χ1v) is 10.7. The van der Waals surface area contributed by atoms with Crippen molar-refractivity contribution >= 4 is 39.2 Å². The zero-order chi connectivity index (χ0) is 19.9. The van der Waals surface area contributed by atoms with Crippen LogP contribution in [-0.4, -0.2) is 14.8 Å². The highest BCUT2D eigenvalue weighted by Crippen LogP contribution is 2.23. The van der Waals surface area contributed by atoms with E-state index in [2.05, 4.69) is 44.9 Å². The third kappa shape index (κ3) is 4.91. The number of nitrogens with one attached hydrogen (secondary N) is 1. The molecule has 0 aliphatic carbocycles. The smallest absolute Gasteiger partial charge is 0.297 e. The van der Waals surface area contributed by atoms with Gasteiger partial charge < -0.3 is 5.32 Å². The highest BCUT2D eigenvalue weighted by atomic mass is 79.9. The number of benzene rings is 2. The van der Waals surface area contributed by atoms with Crippen molar-refractivity contribution in [2.24, 2.45) is 0 Å². The van der Waals surface area contributed by atoms with Crippen LogP contribution in [0.15, 0.2) is 75.6 Å². The lowest BCUT2D eigenvalue weighted by atomic mass is 10.1. The fourth-order valence-corrected chi connectivity index (χ4v) is 3.85. The van der Waals surface area contributed by atoms with E-state index < -0.39 is 0 Å². The molecule has 0 saturated carbocycles. The van der Waals surface area contributed by atoms with E-state index in [9.17, 15) is 4.79 Å². The third-order valence-corrected chi connectivity index (χ3v) is 5.72. The second-order valence-electron chi connectivity index (χ2n) is 6.09. The van der Waals surface area contributed by atoms with Gasteiger partial charge in [-0.3, -0.25) is 9.36 Å². The molecule has 144 valence electrons. The summed E-state index contributed by atoms with van der Waals surface area (Å²) in [5, 5.41) is 12.2. The predicted molar refractivity (Wildman–Crippen MR) is 119 cm³/mol. The van der Waals surface area contributed by atoms with Crippen molar-refractivity contribution in [3.05, 3.63) is 87.1 Å². The topological polar surface area (TPSA) is 59.8 Å². The average molecular weight is 457 g/mol. The Labute approximate surface area is 177 Å². The van der Waals surface area contributed by atoms with Gasteiger partial charge in [0, 0.05) is 22.5 Å². The van der Waals surface area contributed by atoms with Gasteiger partial charge in [-0.1, -0.05) is 71.0 Å². The van der Waals surface area contributed by atoms with Crippen LogP contribution in [0.1, 0.15) is 18.1 Å². The highest BCUT2D eigenvalue weighted by molar-refractivity contribution is 9.10. The van der Waals surface area contributed by atoms with Gasteiger partial charge in [-0.05, 0) is 35.7 Å². The fraction of sp³-hybridized carbons (Fsp3) is 0.190. The Morgan fingerprint density at radius 1 is 1.18 bits per heavy atom. The molecule has 0 saturated heterocycles. The van der Waals surface area contributed by atoms with Crippen LogP contribution < -0.4 is 10.9 Å². The van der Waals surface area contributed by atoms with Gasteiger partial charge in [0.15, 0.2) is 5.16 Å². The molecular formula is C21H21BrN4OS. The molecule has 1 heterocycles. The van der Waals surface area contributed by atoms with Crippen molar-refractivity contribution in [3.63, 3.8) is 0 Å². The Kier molecular flexibility index (Phi) is 7.06. The molecule has 5 nitrogen and oxygen atoms in total. The average Bonchev–Trinajstić information content (AvgIpc) is 2.72. The number of hydrogen-bond donors (Lipinski definition) is 1. The van der Waals surface area contributed by atoms with Gasteiger partial charge in [0.2, 0.25) is 5.82 Å². The molecule has 0 radical (unpaired) electrons. The number of thioether (sulfide) groups is 1. The normalized spacial score (nSPS) is 10.6. The second kappa shape index (κ2) is 9.71. The molecule has 0 atom stereocenters. The van der Waals surface area contributed by atoms with Crippen LogP contribution >= 0.6 is 27.7 Å². The molecule has 7 heteroatoms. The molecule has 0 spiro atoms. The molecule has 2 aromatic carbocycles. The first-order chi connectivity index (χ1) is 13.6. The number of halogens is 1. The number of nitrogens with zero attached hydrogens (tertiary/aromatic N) is 3. The van der Waals surface area contributed by atoms with E-state index in [4.69, 9.17) is 0 Å². The van der Waals surface area contributed by atoms with Gasteiger partial charge in [0.1, 0.15) is 0 Å². The van der Waals surface area contributed by atoms with Crippen molar-refractivity contribution in [1.82, 2.24) is 14.8 Å². The lowest BCUT2D eigenvalue weighted by Crippen LogP contribution is -2.26. The van der Waals surface area contributed by atoms with Crippen LogP contribution in [0.5, 0.6) is 0 Å². The Hall–Kier alpha value is -2.38. The number of para-hydroxylation sites is 1. The number of hydrogen-bond acceptors (Lipinski definition) is 5. The van der Waals surface area contributed by atoms with Gasteiger partial charge in [0.25, 0.3) is 5.56 Å². The highest BCUT2D eigenvalue weighted by Gasteiger charge is 2.13. The van der Waals surface area contributed by atoms with Gasteiger partial charge >= 0.3 is 0 Å². The largest absolute Gasteiger partial charge is 0.334 e. The monoisotopic (exact) mass is 456 g/mol. The molecule has 1 N–H and O–H groups in total. The van der Waals surface area contributed by atoms with Gasteiger partial charge in [-0.15, -0.1) is 16.8 Å². The summed E-state index contributed by atoms with van der Waals surface area (Å²) in [6.45, 7) is 6.21. The predicted octanol–water partition coefficient (Wildman–Crippen LogP) is 5.19. The fourth-order valence-electron chi connectivity index (χ4n) is 2.69. The third-order valence-electron chi connectivity index (χ3n) is 4.16. The SMILES string of the molecule is C=CCn1c(SCc2ccc(Br)cc2)nnc(Nc2ccccc2CC)c1=O. The minimum Gasteiger partial charge on any atom is -0.334 e. The molecule has 0 fully saturated rings. The van der Waals surface area contributed by atoms with E-state index in [1.165, 1.54) is 11.8 Å². The first kappa shape index (κ1) is 20.4. The molecular weight excluding hydrogens is 436 g/mol. The van der Waals surface area contributed by atoms with Crippen molar-refractivity contribution in [2.45, 2.75) is 30.8 Å². The molecule has 0 aliphatic rings. The van der Waals surface area contributed by atoms with Crippen LogP contribution in [0.2, 0.25) is 0 Å². The van der Waals surface area contributed by atoms with E-state index >= 15 is 0 Å². The molecule has 3 aromatic rings. The lowest BCUT2D eigenvalue weighted by molar-refractivity contribution is 0.626. The number of allylic oxidation sites excluding steroid dienone is 1. The standard InChI is InChI=1S/C21H21BrN4OS/c1-3-13-26-20(27)19(23-18-8-6-5-7-16(18)4-2)24-25-21(26)28-14-15-9-11-17(22)12-10-15/h3,5-12H,1,4,13-14H2,2H3,(H,23,24). The van der Waals surface area contributed by atoms with E-state index in [0.717, 1.165) is 27.7 Å². The van der Waals surface area contributed by atoms with Gasteiger partial charge in [-0.2, -0.15) is 0 Å². The zero-order valence-electron chi connectivity index (χ0n) is 15.6. The summed E-state index contributed by atoms with van der Waals surface area (Å²) in [5.74, 6) is 0.917. The Balaban J connectivity index is 1.86. The zero-order valence-corrected chi connectivity index (χ0v) is 18.0. The van der Waals surface area contributed by atoms with Crippen molar-refractivity contribution in [1.29, 1.82) is 0 Å². The number of anilines is 2. The van der Waals surface area contributed by atoms with Crippen LogP contribution in [0.4, 0.5) is 11.5 Å². The maximum atomic E-state index is 13.0. The Morgan fingerprint density at radius 2 is 1.93 bits per heavy atom. The minimum absolute atomic E-state index is 0.209. The van der Waals surface area contributed by atoms with Crippen LogP contribution in [0.25, 0.3) is 0 Å². The van der Waals surface area contributed by atoms with Gasteiger partial charge in [0.05, 0.1) is 0 Å². The van der Waals surface area contributed by atoms with Crippen LogP contribution in [0.3, 0.4) is 0 Å². The van der Waals surface area contributed by atoms with E-state index in [0.29, 0.717) is 17.5 Å². The van der Waals surface area contributed by atoms with Crippen molar-refractivity contribution in [2.75, 3.05) is 5.32 Å². The minimum atomic E-state index is -0.209. The molecule has 0 aliphatic heterocycles. The van der Waals surface area contributed by atoms with Gasteiger partial charge in [-0.25, -0.2) is 0 Å². The molecule has 0 bridgehead atoms. The van der Waals surface area contributed by atoms with Crippen molar-refractivity contribution in [3.8, 4) is 0 Å². The Bertz CT molecular complexity index is 1020. The summed E-state index contributed by atoms with van der Waals surface area (Å²) in [6.07, 6.45) is 2.55. The summed E-state index contributed by atoms with van der Waals surface area (Å²) in [6, 6.07) is 15.9. The molecule has 1 aromatic heterocycles. The molecule has 0 amide bonds. The maximum absolute atomic E-state index is 13.0. The maximum Gasteiger partial charge on any atom is 0.297 e. The second-order valence-corrected chi connectivity index (χ2v) is 7.94. The van der Waals surface area contributed by atoms with E-state index in [1.807, 2.05) is 48.5 Å². The summed E-state index contributed by atoms with van der Waals surface area (Å²) >= 11 is 4.92. The number of aromatic nitrogens is 3. The summed E-state index contributed by atoms with van der Waals surface area (Å²) in [4.78, 5) is 13.0. The molecule has 28 heavy (non-hydrogen) atoms. The lowest BCUT2D eigenvalue weighted by Gasteiger charge is -2.13. The van der Waals surface area contributed by atoms with Crippen molar-refractivity contribution < 1.29 is 0 Å². The van der Waals surface area contributed by atoms with E-state index in [1.54, 1.807) is 10.6 Å².